The zero-order valence-electron chi connectivity index (χ0n) is 10.2. The van der Waals surface area contributed by atoms with Crippen LogP contribution in [0, 0.1) is 11.7 Å². The van der Waals surface area contributed by atoms with Gasteiger partial charge in [0.1, 0.15) is 5.82 Å². The zero-order valence-corrected chi connectivity index (χ0v) is 11.0. The van der Waals surface area contributed by atoms with Gasteiger partial charge in [0.15, 0.2) is 9.84 Å². The molecule has 2 rings (SSSR count). The summed E-state index contributed by atoms with van der Waals surface area (Å²) in [7, 11) is -2.97. The molecule has 1 unspecified atom stereocenters. The molecular formula is C12H15FN2O3S. The summed E-state index contributed by atoms with van der Waals surface area (Å²) in [5, 5.41) is 2.55. The van der Waals surface area contributed by atoms with Crippen LogP contribution in [0.25, 0.3) is 0 Å². The summed E-state index contributed by atoms with van der Waals surface area (Å²) in [6, 6.07) is 3.76. The standard InChI is InChI=1S/C12H15FN2O3S/c13-11-2-1-9(14)5-10(11)12(16)15-6-8-3-4-19(17,18)7-8/h1-2,5,8H,3-4,6-7,14H2,(H,15,16). The monoisotopic (exact) mass is 286 g/mol. The number of hydrogen-bond acceptors (Lipinski definition) is 4. The molecule has 0 saturated carbocycles. The van der Waals surface area contributed by atoms with Gasteiger partial charge in [-0.25, -0.2) is 12.8 Å². The smallest absolute Gasteiger partial charge is 0.254 e. The van der Waals surface area contributed by atoms with E-state index in [0.29, 0.717) is 12.1 Å². The molecule has 1 aromatic rings. The highest BCUT2D eigenvalue weighted by molar-refractivity contribution is 7.91. The van der Waals surface area contributed by atoms with E-state index in [4.69, 9.17) is 5.73 Å². The van der Waals surface area contributed by atoms with E-state index >= 15 is 0 Å². The summed E-state index contributed by atoms with van der Waals surface area (Å²) in [5.74, 6) is -1.09. The normalized spacial score (nSPS) is 21.2. The molecule has 1 fully saturated rings. The van der Waals surface area contributed by atoms with Crippen LogP contribution in [-0.4, -0.2) is 32.4 Å². The summed E-state index contributed by atoms with van der Waals surface area (Å²) >= 11 is 0. The highest BCUT2D eigenvalue weighted by atomic mass is 32.2. The third-order valence-electron chi connectivity index (χ3n) is 3.11. The fraction of sp³-hybridized carbons (Fsp3) is 0.417. The van der Waals surface area contributed by atoms with Gasteiger partial charge in [0.2, 0.25) is 0 Å². The molecule has 1 saturated heterocycles. The Hall–Kier alpha value is -1.63. The van der Waals surface area contributed by atoms with Crippen molar-refractivity contribution in [3.05, 3.63) is 29.6 Å². The third kappa shape index (κ3) is 3.44. The number of carbonyl (C=O) groups excluding carboxylic acids is 1. The third-order valence-corrected chi connectivity index (χ3v) is 4.95. The van der Waals surface area contributed by atoms with Gasteiger partial charge in [0.25, 0.3) is 5.91 Å². The number of nitrogen functional groups attached to an aromatic ring is 1. The average molecular weight is 286 g/mol. The number of hydrogen-bond donors (Lipinski definition) is 2. The summed E-state index contributed by atoms with van der Waals surface area (Å²) < 4.78 is 36.0. The van der Waals surface area contributed by atoms with E-state index in [1.807, 2.05) is 0 Å². The van der Waals surface area contributed by atoms with Crippen LogP contribution in [0.2, 0.25) is 0 Å². The second kappa shape index (κ2) is 5.16. The molecule has 3 N–H and O–H groups in total. The Bertz CT molecular complexity index is 601. The number of rotatable bonds is 3. The minimum atomic E-state index is -2.97. The summed E-state index contributed by atoms with van der Waals surface area (Å²) in [6.45, 7) is 0.228. The van der Waals surface area contributed by atoms with Crippen molar-refractivity contribution in [3.63, 3.8) is 0 Å². The van der Waals surface area contributed by atoms with E-state index < -0.39 is 21.6 Å². The Morgan fingerprint density at radius 3 is 2.84 bits per heavy atom. The number of benzene rings is 1. The van der Waals surface area contributed by atoms with Crippen LogP contribution < -0.4 is 11.1 Å². The van der Waals surface area contributed by atoms with Gasteiger partial charge in [0, 0.05) is 12.2 Å². The number of nitrogens with one attached hydrogen (secondary N) is 1. The second-order valence-corrected chi connectivity index (χ2v) is 6.95. The lowest BCUT2D eigenvalue weighted by Crippen LogP contribution is -2.30. The maximum Gasteiger partial charge on any atom is 0.254 e. The Morgan fingerprint density at radius 2 is 2.21 bits per heavy atom. The number of nitrogens with two attached hydrogens (primary N) is 1. The maximum atomic E-state index is 13.4. The lowest BCUT2D eigenvalue weighted by Gasteiger charge is -2.10. The molecule has 5 nitrogen and oxygen atoms in total. The fourth-order valence-corrected chi connectivity index (χ4v) is 3.94. The molecule has 1 aliphatic rings. The molecular weight excluding hydrogens is 271 g/mol. The van der Waals surface area contributed by atoms with Gasteiger partial charge in [-0.3, -0.25) is 4.79 Å². The second-order valence-electron chi connectivity index (χ2n) is 4.72. The molecule has 1 atom stereocenters. The number of carbonyl (C=O) groups is 1. The Balaban J connectivity index is 1.97. The first-order chi connectivity index (χ1) is 8.87. The molecule has 7 heteroatoms. The molecule has 1 aromatic carbocycles. The van der Waals surface area contributed by atoms with Crippen molar-refractivity contribution in [1.82, 2.24) is 5.32 Å². The van der Waals surface area contributed by atoms with Crippen molar-refractivity contribution in [2.45, 2.75) is 6.42 Å². The minimum Gasteiger partial charge on any atom is -0.399 e. The zero-order chi connectivity index (χ0) is 14.0. The summed E-state index contributed by atoms with van der Waals surface area (Å²) in [5.41, 5.74) is 5.67. The van der Waals surface area contributed by atoms with Crippen molar-refractivity contribution in [2.75, 3.05) is 23.8 Å². The molecule has 104 valence electrons. The lowest BCUT2D eigenvalue weighted by atomic mass is 10.1. The van der Waals surface area contributed by atoms with Crippen molar-refractivity contribution < 1.29 is 17.6 Å². The Kier molecular flexibility index (Phi) is 3.75. The number of sulfone groups is 1. The predicted molar refractivity (Wildman–Crippen MR) is 69.9 cm³/mol. The van der Waals surface area contributed by atoms with E-state index in [1.54, 1.807) is 0 Å². The van der Waals surface area contributed by atoms with E-state index in [0.717, 1.165) is 6.07 Å². The van der Waals surface area contributed by atoms with E-state index in [-0.39, 0.29) is 29.5 Å². The fourth-order valence-electron chi connectivity index (χ4n) is 2.08. The van der Waals surface area contributed by atoms with Gasteiger partial charge in [-0.1, -0.05) is 0 Å². The molecule has 0 aromatic heterocycles. The summed E-state index contributed by atoms with van der Waals surface area (Å²) in [4.78, 5) is 11.8. The van der Waals surface area contributed by atoms with Crippen LogP contribution in [0.4, 0.5) is 10.1 Å². The molecule has 0 radical (unpaired) electrons. The highest BCUT2D eigenvalue weighted by Gasteiger charge is 2.28. The van der Waals surface area contributed by atoms with E-state index in [9.17, 15) is 17.6 Å². The molecule has 1 amide bonds. The van der Waals surface area contributed by atoms with Crippen molar-refractivity contribution >= 4 is 21.4 Å². The SMILES string of the molecule is Nc1ccc(F)c(C(=O)NCC2CCS(=O)(=O)C2)c1. The molecule has 19 heavy (non-hydrogen) atoms. The van der Waals surface area contributed by atoms with Crippen LogP contribution in [0.5, 0.6) is 0 Å². The quantitative estimate of drug-likeness (QED) is 0.795. The van der Waals surface area contributed by atoms with Crippen molar-refractivity contribution in [3.8, 4) is 0 Å². The highest BCUT2D eigenvalue weighted by Crippen LogP contribution is 2.18. The van der Waals surface area contributed by atoms with Crippen LogP contribution in [-0.2, 0) is 9.84 Å². The number of amides is 1. The molecule has 1 heterocycles. The van der Waals surface area contributed by atoms with Gasteiger partial charge in [-0.05, 0) is 30.5 Å². The minimum absolute atomic E-state index is 0.0761. The van der Waals surface area contributed by atoms with E-state index in [1.165, 1.54) is 12.1 Å². The topological polar surface area (TPSA) is 89.3 Å². The van der Waals surface area contributed by atoms with Crippen LogP contribution >= 0.6 is 0 Å². The van der Waals surface area contributed by atoms with E-state index in [2.05, 4.69) is 5.32 Å². The first-order valence-electron chi connectivity index (χ1n) is 5.91. The van der Waals surface area contributed by atoms with Crippen molar-refractivity contribution in [1.29, 1.82) is 0 Å². The Morgan fingerprint density at radius 1 is 1.47 bits per heavy atom. The van der Waals surface area contributed by atoms with Gasteiger partial charge in [-0.2, -0.15) is 0 Å². The lowest BCUT2D eigenvalue weighted by molar-refractivity contribution is 0.0944. The van der Waals surface area contributed by atoms with Gasteiger partial charge < -0.3 is 11.1 Å². The first kappa shape index (κ1) is 13.8. The molecule has 0 spiro atoms. The maximum absolute atomic E-state index is 13.4. The van der Waals surface area contributed by atoms with Gasteiger partial charge >= 0.3 is 0 Å². The Labute approximate surface area is 110 Å². The van der Waals surface area contributed by atoms with Crippen molar-refractivity contribution in [2.24, 2.45) is 5.92 Å². The van der Waals surface area contributed by atoms with Gasteiger partial charge in [-0.15, -0.1) is 0 Å². The molecule has 1 aliphatic heterocycles. The first-order valence-corrected chi connectivity index (χ1v) is 7.73. The largest absolute Gasteiger partial charge is 0.399 e. The molecule has 0 bridgehead atoms. The predicted octanol–water partition coefficient (Wildman–Crippen LogP) is 0.572. The van der Waals surface area contributed by atoms with Crippen LogP contribution in [0.15, 0.2) is 18.2 Å². The average Bonchev–Trinajstić information content (AvgIpc) is 2.69. The van der Waals surface area contributed by atoms with Crippen LogP contribution in [0.1, 0.15) is 16.8 Å². The van der Waals surface area contributed by atoms with Crippen LogP contribution in [0.3, 0.4) is 0 Å². The van der Waals surface area contributed by atoms with Gasteiger partial charge in [0.05, 0.1) is 17.1 Å². The number of halogens is 1. The molecule has 0 aliphatic carbocycles. The number of anilines is 1. The summed E-state index contributed by atoms with van der Waals surface area (Å²) in [6.07, 6.45) is 0.530.